The third-order valence-electron chi connectivity index (χ3n) is 7.27. The van der Waals surface area contributed by atoms with Gasteiger partial charge in [0.1, 0.15) is 16.7 Å². The molecule has 31 heavy (non-hydrogen) atoms. The highest BCUT2D eigenvalue weighted by molar-refractivity contribution is 7.20. The normalized spacial score (nSPS) is 20.6. The topological polar surface area (TPSA) is 68.2 Å². The number of hydrogen-bond donors (Lipinski definition) is 0. The molecule has 1 spiro atoms. The summed E-state index contributed by atoms with van der Waals surface area (Å²) in [6.07, 6.45) is 9.07. The van der Waals surface area contributed by atoms with Crippen LogP contribution < -0.4 is 4.90 Å². The van der Waals surface area contributed by atoms with Gasteiger partial charge in [0.05, 0.1) is 0 Å². The van der Waals surface area contributed by atoms with Crippen molar-refractivity contribution >= 4 is 39.0 Å². The molecule has 0 atom stereocenters. The second-order valence-electron chi connectivity index (χ2n) is 9.14. The van der Waals surface area contributed by atoms with Crippen molar-refractivity contribution in [2.45, 2.75) is 50.4 Å². The van der Waals surface area contributed by atoms with Gasteiger partial charge < -0.3 is 9.64 Å². The average Bonchev–Trinajstić information content (AvgIpc) is 3.53. The predicted molar refractivity (Wildman–Crippen MR) is 121 cm³/mol. The molecule has 3 aromatic rings. The number of hydrogen-bond acceptors (Lipinski definition) is 7. The molecule has 1 saturated heterocycles. The Morgan fingerprint density at radius 2 is 1.97 bits per heavy atom. The molecule has 0 N–H and O–H groups in total. The lowest BCUT2D eigenvalue weighted by Crippen LogP contribution is -2.29. The number of benzene rings is 1. The summed E-state index contributed by atoms with van der Waals surface area (Å²) in [6, 6.07) is 8.72. The van der Waals surface area contributed by atoms with Crippen molar-refractivity contribution in [3.63, 3.8) is 0 Å². The van der Waals surface area contributed by atoms with E-state index >= 15 is 0 Å². The van der Waals surface area contributed by atoms with Crippen molar-refractivity contribution in [2.24, 2.45) is 5.92 Å². The van der Waals surface area contributed by atoms with Crippen LogP contribution >= 0.6 is 11.3 Å². The first kappa shape index (κ1) is 19.3. The predicted octanol–water partition coefficient (Wildman–Crippen LogP) is 5.05. The summed E-state index contributed by atoms with van der Waals surface area (Å²) in [7, 11) is 0. The second kappa shape index (κ2) is 7.64. The van der Waals surface area contributed by atoms with Crippen LogP contribution in [-0.4, -0.2) is 40.5 Å². The number of Topliss-reactive ketones (excluding diaryl/α,β-unsaturated/α-hetero) is 1. The van der Waals surface area contributed by atoms with Gasteiger partial charge in [0.25, 0.3) is 0 Å². The molecule has 1 saturated carbocycles. The van der Waals surface area contributed by atoms with E-state index in [1.807, 2.05) is 0 Å². The molecule has 160 valence electrons. The Labute approximate surface area is 185 Å². The number of para-hydroxylation sites is 1. The first-order chi connectivity index (χ1) is 15.2. The van der Waals surface area contributed by atoms with Gasteiger partial charge in [-0.05, 0) is 43.2 Å². The minimum Gasteiger partial charge on any atom is -0.381 e. The zero-order chi connectivity index (χ0) is 20.8. The quantitative estimate of drug-likeness (QED) is 0.535. The number of carbonyl (C=O) groups is 1. The van der Waals surface area contributed by atoms with E-state index in [4.69, 9.17) is 9.72 Å². The maximum atomic E-state index is 13.0. The minimum atomic E-state index is 0.120. The number of ketones is 1. The Bertz CT molecular complexity index is 1130. The van der Waals surface area contributed by atoms with Gasteiger partial charge in [-0.2, -0.15) is 0 Å². The SMILES string of the molecule is O=C(CC1CCOCC1)c1nc2c(N3CC4(CCCC4)c4ccccc43)ncnc2s1. The first-order valence-corrected chi connectivity index (χ1v) is 12.1. The molecule has 4 heterocycles. The molecule has 3 aliphatic rings. The number of ether oxygens (including phenoxy) is 1. The monoisotopic (exact) mass is 434 g/mol. The van der Waals surface area contributed by atoms with Gasteiger partial charge in [0.2, 0.25) is 0 Å². The molecule has 2 aromatic heterocycles. The maximum absolute atomic E-state index is 13.0. The number of nitrogens with zero attached hydrogens (tertiary/aromatic N) is 4. The number of carbonyl (C=O) groups excluding carboxylic acids is 1. The highest BCUT2D eigenvalue weighted by Gasteiger charge is 2.45. The van der Waals surface area contributed by atoms with Gasteiger partial charge in [-0.3, -0.25) is 4.79 Å². The van der Waals surface area contributed by atoms with E-state index in [-0.39, 0.29) is 11.2 Å². The maximum Gasteiger partial charge on any atom is 0.191 e. The molecule has 6 rings (SSSR count). The van der Waals surface area contributed by atoms with E-state index < -0.39 is 0 Å². The molecule has 7 heteroatoms. The van der Waals surface area contributed by atoms with Crippen molar-refractivity contribution in [3.05, 3.63) is 41.2 Å². The zero-order valence-corrected chi connectivity index (χ0v) is 18.4. The summed E-state index contributed by atoms with van der Waals surface area (Å²) in [6.45, 7) is 2.44. The summed E-state index contributed by atoms with van der Waals surface area (Å²) in [5, 5.41) is 0.561. The van der Waals surface area contributed by atoms with Crippen LogP contribution in [0.1, 0.15) is 60.3 Å². The standard InChI is InChI=1S/C24H26N4O2S/c29-19(13-16-7-11-30-12-8-16)22-27-20-21(25-15-26-23(20)31-22)28-14-24(9-3-4-10-24)17-5-1-2-6-18(17)28/h1-2,5-6,15-16H,3-4,7-14H2. The smallest absolute Gasteiger partial charge is 0.191 e. The molecule has 1 aliphatic carbocycles. The lowest BCUT2D eigenvalue weighted by atomic mass is 9.81. The Hall–Kier alpha value is -2.38. The summed E-state index contributed by atoms with van der Waals surface area (Å²) in [5.74, 6) is 1.35. The van der Waals surface area contributed by atoms with Crippen LogP contribution in [0, 0.1) is 5.92 Å². The Kier molecular flexibility index (Phi) is 4.76. The van der Waals surface area contributed by atoms with Gasteiger partial charge in [-0.25, -0.2) is 15.0 Å². The number of aromatic nitrogens is 3. The molecule has 2 aliphatic heterocycles. The Morgan fingerprint density at radius 3 is 2.81 bits per heavy atom. The molecule has 0 unspecified atom stereocenters. The molecule has 0 radical (unpaired) electrons. The van der Waals surface area contributed by atoms with Gasteiger partial charge >= 0.3 is 0 Å². The van der Waals surface area contributed by atoms with Gasteiger partial charge in [0.15, 0.2) is 16.6 Å². The Balaban J connectivity index is 1.36. The minimum absolute atomic E-state index is 0.120. The van der Waals surface area contributed by atoms with Crippen LogP contribution in [-0.2, 0) is 10.2 Å². The molecule has 0 amide bonds. The first-order valence-electron chi connectivity index (χ1n) is 11.3. The molecule has 0 bridgehead atoms. The Morgan fingerprint density at radius 1 is 1.16 bits per heavy atom. The summed E-state index contributed by atoms with van der Waals surface area (Å²) in [4.78, 5) is 30.0. The zero-order valence-electron chi connectivity index (χ0n) is 17.5. The van der Waals surface area contributed by atoms with E-state index in [1.165, 1.54) is 48.3 Å². The fraction of sp³-hybridized carbons (Fsp3) is 0.500. The van der Waals surface area contributed by atoms with E-state index in [0.717, 1.165) is 48.8 Å². The summed E-state index contributed by atoms with van der Waals surface area (Å²) >= 11 is 1.40. The fourth-order valence-corrected chi connectivity index (χ4v) is 6.51. The molecule has 6 nitrogen and oxygen atoms in total. The van der Waals surface area contributed by atoms with Crippen molar-refractivity contribution in [2.75, 3.05) is 24.7 Å². The summed E-state index contributed by atoms with van der Waals surface area (Å²) in [5.41, 5.74) is 3.64. The number of thiazole rings is 1. The van der Waals surface area contributed by atoms with Crippen LogP contribution in [0.2, 0.25) is 0 Å². The largest absolute Gasteiger partial charge is 0.381 e. The average molecular weight is 435 g/mol. The fourth-order valence-electron chi connectivity index (χ4n) is 5.66. The van der Waals surface area contributed by atoms with Crippen LogP contribution in [0.5, 0.6) is 0 Å². The number of rotatable bonds is 4. The number of fused-ring (bicyclic) bond motifs is 3. The molecule has 2 fully saturated rings. The van der Waals surface area contributed by atoms with E-state index in [1.54, 1.807) is 6.33 Å². The number of anilines is 2. The van der Waals surface area contributed by atoms with Crippen molar-refractivity contribution in [1.29, 1.82) is 0 Å². The highest BCUT2D eigenvalue weighted by Crippen LogP contribution is 2.52. The lowest BCUT2D eigenvalue weighted by molar-refractivity contribution is 0.0601. The van der Waals surface area contributed by atoms with Gasteiger partial charge in [-0.1, -0.05) is 42.4 Å². The van der Waals surface area contributed by atoms with Crippen LogP contribution in [0.25, 0.3) is 10.3 Å². The second-order valence-corrected chi connectivity index (χ2v) is 10.1. The van der Waals surface area contributed by atoms with E-state index in [2.05, 4.69) is 39.1 Å². The van der Waals surface area contributed by atoms with Gasteiger partial charge in [0, 0.05) is 37.3 Å². The van der Waals surface area contributed by atoms with Crippen LogP contribution in [0.4, 0.5) is 11.5 Å². The van der Waals surface area contributed by atoms with Crippen LogP contribution in [0.3, 0.4) is 0 Å². The summed E-state index contributed by atoms with van der Waals surface area (Å²) < 4.78 is 5.43. The van der Waals surface area contributed by atoms with Crippen LogP contribution in [0.15, 0.2) is 30.6 Å². The van der Waals surface area contributed by atoms with Crippen molar-refractivity contribution < 1.29 is 9.53 Å². The van der Waals surface area contributed by atoms with Crippen molar-refractivity contribution in [3.8, 4) is 0 Å². The highest BCUT2D eigenvalue weighted by atomic mass is 32.1. The van der Waals surface area contributed by atoms with Crippen molar-refractivity contribution in [1.82, 2.24) is 15.0 Å². The third-order valence-corrected chi connectivity index (χ3v) is 8.28. The van der Waals surface area contributed by atoms with E-state index in [0.29, 0.717) is 17.3 Å². The molecule has 1 aromatic carbocycles. The third kappa shape index (κ3) is 3.26. The molecular formula is C24H26N4O2S. The molecular weight excluding hydrogens is 408 g/mol. The lowest BCUT2D eigenvalue weighted by Gasteiger charge is -2.25. The van der Waals surface area contributed by atoms with Gasteiger partial charge in [-0.15, -0.1) is 0 Å². The van der Waals surface area contributed by atoms with E-state index in [9.17, 15) is 4.79 Å².